The molecule has 4 rings (SSSR count). The van der Waals surface area contributed by atoms with E-state index < -0.39 is 0 Å². The first-order chi connectivity index (χ1) is 10.3. The molecule has 106 valence electrons. The van der Waals surface area contributed by atoms with Crippen LogP contribution in [0.15, 0.2) is 35.5 Å². The van der Waals surface area contributed by atoms with Crippen molar-refractivity contribution in [1.82, 2.24) is 14.6 Å². The van der Waals surface area contributed by atoms with Crippen molar-refractivity contribution >= 4 is 17.4 Å². The molecule has 1 aliphatic carbocycles. The Morgan fingerprint density at radius 2 is 2.14 bits per heavy atom. The molecule has 2 heterocycles. The highest BCUT2D eigenvalue weighted by Crippen LogP contribution is 2.38. The lowest BCUT2D eigenvalue weighted by atomic mass is 9.89. The van der Waals surface area contributed by atoms with Crippen molar-refractivity contribution in [2.45, 2.75) is 17.9 Å². The van der Waals surface area contributed by atoms with Crippen LogP contribution in [0.3, 0.4) is 0 Å². The van der Waals surface area contributed by atoms with Crippen LogP contribution >= 0.6 is 11.8 Å². The molecule has 0 N–H and O–H groups in total. The predicted octanol–water partition coefficient (Wildman–Crippen LogP) is 3.23. The van der Waals surface area contributed by atoms with Crippen LogP contribution in [-0.4, -0.2) is 28.0 Å². The Morgan fingerprint density at radius 1 is 1.24 bits per heavy atom. The van der Waals surface area contributed by atoms with E-state index in [0.717, 1.165) is 29.3 Å². The van der Waals surface area contributed by atoms with E-state index in [-0.39, 0.29) is 0 Å². The van der Waals surface area contributed by atoms with Crippen LogP contribution in [0.2, 0.25) is 0 Å². The summed E-state index contributed by atoms with van der Waals surface area (Å²) in [5.41, 5.74) is 5.94. The van der Waals surface area contributed by atoms with Crippen molar-refractivity contribution in [3.63, 3.8) is 0 Å². The summed E-state index contributed by atoms with van der Waals surface area (Å²) >= 11 is 1.71. The van der Waals surface area contributed by atoms with Gasteiger partial charge in [0.2, 0.25) is 0 Å². The summed E-state index contributed by atoms with van der Waals surface area (Å²) < 4.78 is 7.30. The molecule has 0 bridgehead atoms. The van der Waals surface area contributed by atoms with Crippen molar-refractivity contribution in [2.24, 2.45) is 0 Å². The number of fused-ring (bicyclic) bond motifs is 5. The maximum absolute atomic E-state index is 5.35. The van der Waals surface area contributed by atoms with Crippen LogP contribution in [0.4, 0.5) is 0 Å². The number of aryl methyl sites for hydroxylation is 1. The number of nitrogens with zero attached hydrogens (tertiary/aromatic N) is 3. The van der Waals surface area contributed by atoms with Gasteiger partial charge in [0.15, 0.2) is 5.65 Å². The van der Waals surface area contributed by atoms with E-state index in [2.05, 4.69) is 23.5 Å². The molecule has 0 amide bonds. The SMILES string of the molecule is COc1ccc2c(c1)CCc1c(SC)nc3ccnn3c1-2. The van der Waals surface area contributed by atoms with Crippen LogP contribution in [-0.2, 0) is 12.8 Å². The number of benzene rings is 1. The van der Waals surface area contributed by atoms with Gasteiger partial charge in [0.1, 0.15) is 10.8 Å². The van der Waals surface area contributed by atoms with E-state index >= 15 is 0 Å². The van der Waals surface area contributed by atoms with Crippen LogP contribution in [0.5, 0.6) is 5.75 Å². The molecule has 0 atom stereocenters. The van der Waals surface area contributed by atoms with E-state index in [1.165, 1.54) is 22.4 Å². The number of ether oxygens (including phenoxy) is 1. The Hall–Kier alpha value is -2.01. The fourth-order valence-corrected chi connectivity index (χ4v) is 3.65. The van der Waals surface area contributed by atoms with Gasteiger partial charge < -0.3 is 4.74 Å². The highest BCUT2D eigenvalue weighted by molar-refractivity contribution is 7.98. The molecule has 21 heavy (non-hydrogen) atoms. The zero-order valence-electron chi connectivity index (χ0n) is 12.0. The second kappa shape index (κ2) is 4.77. The van der Waals surface area contributed by atoms with Gasteiger partial charge in [0, 0.05) is 17.2 Å². The number of hydrogen-bond donors (Lipinski definition) is 0. The van der Waals surface area contributed by atoms with Gasteiger partial charge in [0.05, 0.1) is 19.0 Å². The van der Waals surface area contributed by atoms with E-state index in [1.54, 1.807) is 18.9 Å². The molecule has 0 fully saturated rings. The van der Waals surface area contributed by atoms with Crippen molar-refractivity contribution in [3.8, 4) is 17.0 Å². The second-order valence-electron chi connectivity index (χ2n) is 5.07. The molecule has 0 radical (unpaired) electrons. The van der Waals surface area contributed by atoms with Gasteiger partial charge >= 0.3 is 0 Å². The van der Waals surface area contributed by atoms with Crippen LogP contribution in [0.25, 0.3) is 16.9 Å². The third-order valence-corrected chi connectivity index (χ3v) is 4.72. The lowest BCUT2D eigenvalue weighted by Crippen LogP contribution is -2.12. The molecular weight excluding hydrogens is 282 g/mol. The van der Waals surface area contributed by atoms with E-state index in [4.69, 9.17) is 9.72 Å². The zero-order chi connectivity index (χ0) is 14.4. The maximum atomic E-state index is 5.35. The Balaban J connectivity index is 2.06. The van der Waals surface area contributed by atoms with E-state index in [0.29, 0.717) is 0 Å². The summed E-state index contributed by atoms with van der Waals surface area (Å²) in [6.45, 7) is 0. The molecule has 1 aliphatic rings. The molecule has 3 aromatic rings. The van der Waals surface area contributed by atoms with Gasteiger partial charge in [-0.1, -0.05) is 0 Å². The molecular formula is C16H15N3OS. The normalized spacial score (nSPS) is 13.0. The van der Waals surface area contributed by atoms with Crippen LogP contribution < -0.4 is 4.74 Å². The third-order valence-electron chi connectivity index (χ3n) is 4.00. The number of thioether (sulfide) groups is 1. The predicted molar refractivity (Wildman–Crippen MR) is 84.2 cm³/mol. The zero-order valence-corrected chi connectivity index (χ0v) is 12.8. The minimum Gasteiger partial charge on any atom is -0.497 e. The topological polar surface area (TPSA) is 39.4 Å². The number of hydrogen-bond acceptors (Lipinski definition) is 4. The minimum absolute atomic E-state index is 0.904. The second-order valence-corrected chi connectivity index (χ2v) is 5.87. The Labute approximate surface area is 127 Å². The molecule has 0 aliphatic heterocycles. The number of methoxy groups -OCH3 is 1. The maximum Gasteiger partial charge on any atom is 0.156 e. The van der Waals surface area contributed by atoms with Crippen molar-refractivity contribution in [3.05, 3.63) is 41.6 Å². The van der Waals surface area contributed by atoms with Crippen molar-refractivity contribution < 1.29 is 4.74 Å². The first-order valence-corrected chi connectivity index (χ1v) is 8.12. The smallest absolute Gasteiger partial charge is 0.156 e. The monoisotopic (exact) mass is 297 g/mol. The highest BCUT2D eigenvalue weighted by Gasteiger charge is 2.23. The molecule has 5 heteroatoms. The third kappa shape index (κ3) is 1.84. The summed E-state index contributed by atoms with van der Waals surface area (Å²) in [6.07, 6.45) is 5.90. The molecule has 1 aromatic carbocycles. The molecule has 0 saturated heterocycles. The van der Waals surface area contributed by atoms with Crippen molar-refractivity contribution in [2.75, 3.05) is 13.4 Å². The van der Waals surface area contributed by atoms with Crippen molar-refractivity contribution in [1.29, 1.82) is 0 Å². The summed E-state index contributed by atoms with van der Waals surface area (Å²) in [4.78, 5) is 4.71. The highest BCUT2D eigenvalue weighted by atomic mass is 32.2. The Bertz CT molecular complexity index is 841. The first kappa shape index (κ1) is 12.7. The molecule has 0 unspecified atom stereocenters. The van der Waals surface area contributed by atoms with Gasteiger partial charge in [-0.2, -0.15) is 5.10 Å². The summed E-state index contributed by atoms with van der Waals surface area (Å²) in [5.74, 6) is 0.910. The average Bonchev–Trinajstić information content (AvgIpc) is 3.01. The van der Waals surface area contributed by atoms with Gasteiger partial charge in [-0.3, -0.25) is 0 Å². The van der Waals surface area contributed by atoms with Gasteiger partial charge in [-0.15, -0.1) is 11.8 Å². The Kier molecular flexibility index (Phi) is 2.89. The molecule has 4 nitrogen and oxygen atoms in total. The lowest BCUT2D eigenvalue weighted by Gasteiger charge is -2.22. The number of aromatic nitrogens is 3. The van der Waals surface area contributed by atoms with Gasteiger partial charge in [-0.05, 0) is 42.9 Å². The summed E-state index contributed by atoms with van der Waals surface area (Å²) in [5, 5.41) is 5.57. The van der Waals surface area contributed by atoms with E-state index in [9.17, 15) is 0 Å². The minimum atomic E-state index is 0.904. The fraction of sp³-hybridized carbons (Fsp3) is 0.250. The quantitative estimate of drug-likeness (QED) is 0.538. The first-order valence-electron chi connectivity index (χ1n) is 6.89. The van der Waals surface area contributed by atoms with Gasteiger partial charge in [0.25, 0.3) is 0 Å². The van der Waals surface area contributed by atoms with E-state index in [1.807, 2.05) is 22.8 Å². The van der Waals surface area contributed by atoms with Gasteiger partial charge in [-0.25, -0.2) is 9.50 Å². The molecule has 0 saturated carbocycles. The van der Waals surface area contributed by atoms with Crippen LogP contribution in [0.1, 0.15) is 11.1 Å². The Morgan fingerprint density at radius 3 is 2.95 bits per heavy atom. The summed E-state index contributed by atoms with van der Waals surface area (Å²) in [6, 6.07) is 8.24. The van der Waals surface area contributed by atoms with Crippen LogP contribution in [0, 0.1) is 0 Å². The largest absolute Gasteiger partial charge is 0.497 e. The fourth-order valence-electron chi connectivity index (χ4n) is 3.02. The average molecular weight is 297 g/mol. The lowest BCUT2D eigenvalue weighted by molar-refractivity contribution is 0.414. The molecule has 0 spiro atoms. The summed E-state index contributed by atoms with van der Waals surface area (Å²) in [7, 11) is 1.71. The number of rotatable bonds is 2. The molecule has 2 aromatic heterocycles. The standard InChI is InChI=1S/C16H15N3OS/c1-20-11-4-6-12-10(9-11)3-5-13-15(12)19-14(7-8-17-19)18-16(13)21-2/h4,6-9H,3,5H2,1-2H3.